The molecule has 1 atom stereocenters. The molecule has 2 N–H and O–H groups in total. The lowest BCUT2D eigenvalue weighted by Gasteiger charge is -2.25. The summed E-state index contributed by atoms with van der Waals surface area (Å²) in [5, 5.41) is 6.71. The van der Waals surface area contributed by atoms with E-state index >= 15 is 0 Å². The topological polar surface area (TPSA) is 39.7 Å². The van der Waals surface area contributed by atoms with E-state index in [9.17, 15) is 0 Å². The van der Waals surface area contributed by atoms with E-state index in [0.717, 1.165) is 31.3 Å². The van der Waals surface area contributed by atoms with Gasteiger partial charge in [0.05, 0.1) is 6.54 Å². The number of rotatable bonds is 8. The molecule has 4 nitrogen and oxygen atoms in total. The predicted octanol–water partition coefficient (Wildman–Crippen LogP) is 2.40. The molecule has 1 fully saturated rings. The maximum atomic E-state index is 4.74. The second-order valence-electron chi connectivity index (χ2n) is 4.94. The highest BCUT2D eigenvalue weighted by Gasteiger charge is 2.19. The average molecular weight is 414 g/mol. The van der Waals surface area contributed by atoms with E-state index < -0.39 is 0 Å². The number of aliphatic imine (C=N–C) groups is 1. The van der Waals surface area contributed by atoms with Crippen molar-refractivity contribution in [3.8, 4) is 0 Å². The Kier molecular flexibility index (Phi) is 13.2. The minimum absolute atomic E-state index is 0. The zero-order valence-corrected chi connectivity index (χ0v) is 16.3. The first-order valence-electron chi connectivity index (χ1n) is 7.57. The van der Waals surface area contributed by atoms with Gasteiger partial charge in [-0.05, 0) is 45.5 Å². The summed E-state index contributed by atoms with van der Waals surface area (Å²) in [6.07, 6.45) is 6.03. The Morgan fingerprint density at radius 2 is 1.95 bits per heavy atom. The number of hydrogen-bond donors (Lipinski definition) is 2. The van der Waals surface area contributed by atoms with Crippen molar-refractivity contribution < 1.29 is 0 Å². The normalized spacial score (nSPS) is 17.6. The van der Waals surface area contributed by atoms with Crippen LogP contribution in [0.25, 0.3) is 0 Å². The van der Waals surface area contributed by atoms with Crippen molar-refractivity contribution in [2.75, 3.05) is 44.7 Å². The molecule has 0 radical (unpaired) electrons. The summed E-state index contributed by atoms with van der Waals surface area (Å²) in [5.41, 5.74) is 0. The molecule has 6 heteroatoms. The van der Waals surface area contributed by atoms with Gasteiger partial charge in [-0.25, -0.2) is 0 Å². The summed E-state index contributed by atoms with van der Waals surface area (Å²) in [7, 11) is 0. The van der Waals surface area contributed by atoms with Crippen molar-refractivity contribution in [2.45, 2.75) is 39.2 Å². The number of nitrogens with one attached hydrogen (secondary N) is 2. The first kappa shape index (κ1) is 20.3. The molecule has 1 aliphatic rings. The summed E-state index contributed by atoms with van der Waals surface area (Å²) in [5.74, 6) is 2.09. The van der Waals surface area contributed by atoms with Crippen LogP contribution in [0, 0.1) is 0 Å². The third kappa shape index (κ3) is 7.93. The third-order valence-electron chi connectivity index (χ3n) is 3.53. The summed E-state index contributed by atoms with van der Waals surface area (Å²) in [4.78, 5) is 7.34. The highest BCUT2D eigenvalue weighted by atomic mass is 127. The zero-order chi connectivity index (χ0) is 13.9. The van der Waals surface area contributed by atoms with Crippen LogP contribution in [0.1, 0.15) is 33.1 Å². The molecule has 1 heterocycles. The predicted molar refractivity (Wildman–Crippen MR) is 103 cm³/mol. The molecular formula is C14H31IN4S. The van der Waals surface area contributed by atoms with Crippen LogP contribution in [0.15, 0.2) is 4.99 Å². The highest BCUT2D eigenvalue weighted by Crippen LogP contribution is 2.14. The van der Waals surface area contributed by atoms with Crippen LogP contribution < -0.4 is 10.6 Å². The Labute approximate surface area is 145 Å². The Bertz CT molecular complexity index is 258. The van der Waals surface area contributed by atoms with Crippen LogP contribution >= 0.6 is 35.7 Å². The second-order valence-corrected chi connectivity index (χ2v) is 5.93. The molecule has 1 aliphatic heterocycles. The van der Waals surface area contributed by atoms with Gasteiger partial charge in [0.25, 0.3) is 0 Å². The quantitative estimate of drug-likeness (QED) is 0.277. The number of likely N-dealkylation sites (tertiary alicyclic amines) is 1. The van der Waals surface area contributed by atoms with Crippen molar-refractivity contribution in [1.29, 1.82) is 0 Å². The van der Waals surface area contributed by atoms with Gasteiger partial charge in [-0.3, -0.25) is 9.89 Å². The van der Waals surface area contributed by atoms with Crippen LogP contribution in [-0.2, 0) is 0 Å². The summed E-state index contributed by atoms with van der Waals surface area (Å²) in [6.45, 7) is 9.70. The van der Waals surface area contributed by atoms with Crippen molar-refractivity contribution in [2.24, 2.45) is 4.99 Å². The third-order valence-corrected chi connectivity index (χ3v) is 4.14. The molecule has 0 bridgehead atoms. The van der Waals surface area contributed by atoms with E-state index in [1.165, 1.54) is 32.4 Å². The fourth-order valence-electron chi connectivity index (χ4n) is 2.42. The first-order valence-corrected chi connectivity index (χ1v) is 8.96. The molecule has 120 valence electrons. The van der Waals surface area contributed by atoms with Crippen LogP contribution in [0.3, 0.4) is 0 Å². The number of nitrogens with zero attached hydrogens (tertiary/aromatic N) is 2. The van der Waals surface area contributed by atoms with Gasteiger partial charge in [0.1, 0.15) is 0 Å². The van der Waals surface area contributed by atoms with E-state index in [4.69, 9.17) is 4.99 Å². The lowest BCUT2D eigenvalue weighted by atomic mass is 10.2. The van der Waals surface area contributed by atoms with Crippen molar-refractivity contribution in [1.82, 2.24) is 15.5 Å². The Morgan fingerprint density at radius 1 is 1.25 bits per heavy atom. The zero-order valence-electron chi connectivity index (χ0n) is 13.2. The molecule has 0 aromatic heterocycles. The van der Waals surface area contributed by atoms with Crippen LogP contribution in [0.2, 0.25) is 0 Å². The SMILES string of the molecule is CCNC(=NCC(CC)N1CCCC1)NCCSC.I. The Morgan fingerprint density at radius 3 is 2.50 bits per heavy atom. The fraction of sp³-hybridized carbons (Fsp3) is 0.929. The van der Waals surface area contributed by atoms with Gasteiger partial charge < -0.3 is 10.6 Å². The first-order chi connectivity index (χ1) is 9.31. The minimum Gasteiger partial charge on any atom is -0.357 e. The average Bonchev–Trinajstić information content (AvgIpc) is 2.93. The van der Waals surface area contributed by atoms with E-state index in [1.54, 1.807) is 0 Å². The molecule has 1 unspecified atom stereocenters. The van der Waals surface area contributed by atoms with E-state index in [-0.39, 0.29) is 24.0 Å². The maximum absolute atomic E-state index is 4.74. The largest absolute Gasteiger partial charge is 0.357 e. The Balaban J connectivity index is 0.00000361. The second kappa shape index (κ2) is 13.0. The summed E-state index contributed by atoms with van der Waals surface area (Å²) < 4.78 is 0. The van der Waals surface area contributed by atoms with Gasteiger partial charge in [-0.15, -0.1) is 24.0 Å². The van der Waals surface area contributed by atoms with Crippen molar-refractivity contribution in [3.63, 3.8) is 0 Å². The van der Waals surface area contributed by atoms with Crippen LogP contribution in [0.5, 0.6) is 0 Å². The monoisotopic (exact) mass is 414 g/mol. The molecule has 0 aromatic rings. The highest BCUT2D eigenvalue weighted by molar-refractivity contribution is 14.0. The van der Waals surface area contributed by atoms with E-state index in [1.807, 2.05) is 11.8 Å². The molecule has 20 heavy (non-hydrogen) atoms. The van der Waals surface area contributed by atoms with Gasteiger partial charge in [0.15, 0.2) is 5.96 Å². The maximum Gasteiger partial charge on any atom is 0.191 e. The molecular weight excluding hydrogens is 383 g/mol. The molecule has 1 rings (SSSR count). The van der Waals surface area contributed by atoms with E-state index in [2.05, 4.69) is 35.6 Å². The minimum atomic E-state index is 0. The Hall–Kier alpha value is 0.310. The van der Waals surface area contributed by atoms with Crippen molar-refractivity contribution >= 4 is 41.7 Å². The number of thioether (sulfide) groups is 1. The van der Waals surface area contributed by atoms with Gasteiger partial charge in [-0.2, -0.15) is 11.8 Å². The van der Waals surface area contributed by atoms with Gasteiger partial charge in [0, 0.05) is 24.9 Å². The lowest BCUT2D eigenvalue weighted by Crippen LogP contribution is -2.40. The molecule has 1 saturated heterocycles. The van der Waals surface area contributed by atoms with E-state index in [0.29, 0.717) is 6.04 Å². The summed E-state index contributed by atoms with van der Waals surface area (Å²) in [6, 6.07) is 0.610. The van der Waals surface area contributed by atoms with Gasteiger partial charge in [0.2, 0.25) is 0 Å². The summed E-state index contributed by atoms with van der Waals surface area (Å²) >= 11 is 1.86. The number of halogens is 1. The van der Waals surface area contributed by atoms with Gasteiger partial charge in [-0.1, -0.05) is 6.92 Å². The molecule has 0 aliphatic carbocycles. The molecule has 0 spiro atoms. The lowest BCUT2D eigenvalue weighted by molar-refractivity contribution is 0.242. The fourth-order valence-corrected chi connectivity index (χ4v) is 2.73. The van der Waals surface area contributed by atoms with Crippen molar-refractivity contribution in [3.05, 3.63) is 0 Å². The van der Waals surface area contributed by atoms with Crippen LogP contribution in [-0.4, -0.2) is 61.6 Å². The number of hydrogen-bond acceptors (Lipinski definition) is 3. The standard InChI is InChI=1S/C14H30N4S.HI/c1-4-13(18-9-6-7-10-18)12-17-14(15-5-2)16-8-11-19-3;/h13H,4-12H2,1-3H3,(H2,15,16,17);1H. The molecule has 0 saturated carbocycles. The van der Waals surface area contributed by atoms with Gasteiger partial charge >= 0.3 is 0 Å². The smallest absolute Gasteiger partial charge is 0.191 e. The number of guanidine groups is 1. The molecule has 0 amide bonds. The van der Waals surface area contributed by atoms with Crippen LogP contribution in [0.4, 0.5) is 0 Å². The molecule has 0 aromatic carbocycles.